The van der Waals surface area contributed by atoms with Crippen molar-refractivity contribution >= 4 is 27.5 Å². The van der Waals surface area contributed by atoms with Gasteiger partial charge < -0.3 is 5.32 Å². The molecule has 2 aromatic carbocycles. The molecule has 2 aromatic rings. The van der Waals surface area contributed by atoms with E-state index in [9.17, 15) is 13.2 Å². The van der Waals surface area contributed by atoms with Crippen LogP contribution in [-0.2, 0) is 21.4 Å². The fourth-order valence-electron chi connectivity index (χ4n) is 1.97. The third-order valence-corrected chi connectivity index (χ3v) is 5.19. The van der Waals surface area contributed by atoms with Crippen molar-refractivity contribution in [2.45, 2.75) is 18.4 Å². The molecule has 0 atom stereocenters. The Morgan fingerprint density at radius 3 is 2.43 bits per heavy atom. The maximum Gasteiger partial charge on any atom is 0.242 e. The van der Waals surface area contributed by atoms with E-state index in [-0.39, 0.29) is 16.5 Å². The highest BCUT2D eigenvalue weighted by Gasteiger charge is 2.18. The summed E-state index contributed by atoms with van der Waals surface area (Å²) in [6, 6.07) is 13.7. The second-order valence-electron chi connectivity index (χ2n) is 4.96. The van der Waals surface area contributed by atoms with Gasteiger partial charge in [0.05, 0.1) is 11.6 Å². The van der Waals surface area contributed by atoms with Gasteiger partial charge in [-0.05, 0) is 30.2 Å². The third kappa shape index (κ3) is 4.79. The van der Waals surface area contributed by atoms with Gasteiger partial charge in [-0.15, -0.1) is 0 Å². The summed E-state index contributed by atoms with van der Waals surface area (Å²) in [5.74, 6) is -0.413. The fraction of sp³-hybridized carbons (Fsp3) is 0.188. The van der Waals surface area contributed by atoms with Gasteiger partial charge in [-0.3, -0.25) is 4.79 Å². The average Bonchev–Trinajstić information content (AvgIpc) is 2.52. The average molecular weight is 353 g/mol. The van der Waals surface area contributed by atoms with Crippen molar-refractivity contribution in [2.75, 3.05) is 6.54 Å². The molecule has 0 aromatic heterocycles. The summed E-state index contributed by atoms with van der Waals surface area (Å²) in [4.78, 5) is 11.8. The number of benzene rings is 2. The van der Waals surface area contributed by atoms with E-state index in [1.165, 1.54) is 12.1 Å². The molecule has 7 heteroatoms. The first-order valence-corrected chi connectivity index (χ1v) is 8.81. The van der Waals surface area contributed by atoms with Crippen LogP contribution >= 0.6 is 11.6 Å². The Morgan fingerprint density at radius 1 is 1.09 bits per heavy atom. The topological polar surface area (TPSA) is 75.3 Å². The van der Waals surface area contributed by atoms with Crippen LogP contribution in [0.2, 0.25) is 5.02 Å². The quantitative estimate of drug-likeness (QED) is 0.837. The predicted molar refractivity (Wildman–Crippen MR) is 89.7 cm³/mol. The van der Waals surface area contributed by atoms with Crippen LogP contribution in [0.4, 0.5) is 0 Å². The van der Waals surface area contributed by atoms with Crippen LogP contribution in [-0.4, -0.2) is 20.9 Å². The zero-order valence-corrected chi connectivity index (χ0v) is 14.1. The van der Waals surface area contributed by atoms with Gasteiger partial charge in [0.1, 0.15) is 4.90 Å². The predicted octanol–water partition coefficient (Wildman–Crippen LogP) is 2.24. The van der Waals surface area contributed by atoms with E-state index < -0.39 is 15.9 Å². The Labute approximate surface area is 140 Å². The van der Waals surface area contributed by atoms with Crippen molar-refractivity contribution in [2.24, 2.45) is 0 Å². The van der Waals surface area contributed by atoms with Crippen molar-refractivity contribution in [3.8, 4) is 0 Å². The van der Waals surface area contributed by atoms with Crippen LogP contribution in [0.5, 0.6) is 0 Å². The minimum absolute atomic E-state index is 0.0478. The summed E-state index contributed by atoms with van der Waals surface area (Å²) in [7, 11) is -3.82. The first-order chi connectivity index (χ1) is 10.9. The highest BCUT2D eigenvalue weighted by atomic mass is 35.5. The van der Waals surface area contributed by atoms with Crippen molar-refractivity contribution in [3.63, 3.8) is 0 Å². The highest BCUT2D eigenvalue weighted by Crippen LogP contribution is 2.19. The van der Waals surface area contributed by atoms with Crippen LogP contribution in [0.3, 0.4) is 0 Å². The molecule has 0 aliphatic carbocycles. The van der Waals surface area contributed by atoms with E-state index in [0.29, 0.717) is 6.54 Å². The monoisotopic (exact) mass is 352 g/mol. The molecule has 5 nitrogen and oxygen atoms in total. The summed E-state index contributed by atoms with van der Waals surface area (Å²) >= 11 is 5.86. The van der Waals surface area contributed by atoms with Crippen molar-refractivity contribution in [1.29, 1.82) is 0 Å². The number of hydrogen-bond donors (Lipinski definition) is 2. The Balaban J connectivity index is 1.92. The SMILES string of the molecule is Cc1ccccc1CNC(=O)CNS(=O)(=O)c1ccccc1Cl. The second-order valence-corrected chi connectivity index (χ2v) is 7.10. The minimum Gasteiger partial charge on any atom is -0.351 e. The standard InChI is InChI=1S/C16H17ClN2O3S/c1-12-6-2-3-7-13(12)10-18-16(20)11-19-23(21,22)15-9-5-4-8-14(15)17/h2-9,19H,10-11H2,1H3,(H,18,20). The molecule has 0 saturated heterocycles. The lowest BCUT2D eigenvalue weighted by Gasteiger charge is -2.10. The third-order valence-electron chi connectivity index (χ3n) is 3.29. The van der Waals surface area contributed by atoms with Gasteiger partial charge in [0.15, 0.2) is 0 Å². The molecule has 0 unspecified atom stereocenters. The number of nitrogens with one attached hydrogen (secondary N) is 2. The van der Waals surface area contributed by atoms with Gasteiger partial charge in [-0.2, -0.15) is 0 Å². The number of hydrogen-bond acceptors (Lipinski definition) is 3. The van der Waals surface area contributed by atoms with E-state index >= 15 is 0 Å². The van der Waals surface area contributed by atoms with Crippen LogP contribution in [0, 0.1) is 6.92 Å². The minimum atomic E-state index is -3.82. The van der Waals surface area contributed by atoms with Crippen molar-refractivity contribution < 1.29 is 13.2 Å². The molecule has 0 aliphatic rings. The number of sulfonamides is 1. The number of carbonyl (C=O) groups excluding carboxylic acids is 1. The van der Waals surface area contributed by atoms with Gasteiger partial charge in [0, 0.05) is 6.54 Å². The number of halogens is 1. The molecule has 122 valence electrons. The molecule has 0 spiro atoms. The van der Waals surface area contributed by atoms with E-state index in [0.717, 1.165) is 11.1 Å². The van der Waals surface area contributed by atoms with E-state index in [4.69, 9.17) is 11.6 Å². The van der Waals surface area contributed by atoms with Crippen LogP contribution in [0.15, 0.2) is 53.4 Å². The molecule has 2 N–H and O–H groups in total. The molecule has 23 heavy (non-hydrogen) atoms. The molecule has 0 fully saturated rings. The molecule has 1 amide bonds. The fourth-order valence-corrected chi connectivity index (χ4v) is 3.47. The van der Waals surface area contributed by atoms with Crippen LogP contribution < -0.4 is 10.0 Å². The van der Waals surface area contributed by atoms with Gasteiger partial charge in [0.2, 0.25) is 15.9 Å². The summed E-state index contributed by atoms with van der Waals surface area (Å²) < 4.78 is 26.5. The highest BCUT2D eigenvalue weighted by molar-refractivity contribution is 7.89. The Morgan fingerprint density at radius 2 is 1.74 bits per heavy atom. The van der Waals surface area contributed by atoms with Gasteiger partial charge >= 0.3 is 0 Å². The van der Waals surface area contributed by atoms with E-state index in [1.807, 2.05) is 31.2 Å². The molecule has 0 aliphatic heterocycles. The number of aryl methyl sites for hydroxylation is 1. The Bertz CT molecular complexity index is 806. The summed E-state index contributed by atoms with van der Waals surface area (Å²) in [6.07, 6.45) is 0. The first kappa shape index (κ1) is 17.5. The molecule has 0 bridgehead atoms. The summed E-state index contributed by atoms with van der Waals surface area (Å²) in [5.41, 5.74) is 2.04. The molecule has 0 radical (unpaired) electrons. The lowest BCUT2D eigenvalue weighted by atomic mass is 10.1. The van der Waals surface area contributed by atoms with Crippen LogP contribution in [0.25, 0.3) is 0 Å². The molecule has 0 heterocycles. The van der Waals surface area contributed by atoms with E-state index in [2.05, 4.69) is 10.0 Å². The maximum absolute atomic E-state index is 12.1. The normalized spacial score (nSPS) is 11.2. The zero-order valence-electron chi connectivity index (χ0n) is 12.5. The Hall–Kier alpha value is -1.89. The van der Waals surface area contributed by atoms with E-state index in [1.54, 1.807) is 12.1 Å². The Kier molecular flexibility index (Phi) is 5.76. The summed E-state index contributed by atoms with van der Waals surface area (Å²) in [6.45, 7) is 1.94. The number of amides is 1. The largest absolute Gasteiger partial charge is 0.351 e. The van der Waals surface area contributed by atoms with Crippen molar-refractivity contribution in [1.82, 2.24) is 10.0 Å². The first-order valence-electron chi connectivity index (χ1n) is 6.95. The molecular weight excluding hydrogens is 336 g/mol. The molecule has 0 saturated carbocycles. The zero-order chi connectivity index (χ0) is 16.9. The van der Waals surface area contributed by atoms with Crippen LogP contribution in [0.1, 0.15) is 11.1 Å². The van der Waals surface area contributed by atoms with Crippen molar-refractivity contribution in [3.05, 3.63) is 64.7 Å². The number of carbonyl (C=O) groups is 1. The summed E-state index contributed by atoms with van der Waals surface area (Å²) in [5, 5.41) is 2.79. The lowest BCUT2D eigenvalue weighted by Crippen LogP contribution is -2.36. The van der Waals surface area contributed by atoms with Gasteiger partial charge in [-0.25, -0.2) is 13.1 Å². The molecular formula is C16H17ClN2O3S. The second kappa shape index (κ2) is 7.59. The maximum atomic E-state index is 12.1. The lowest BCUT2D eigenvalue weighted by molar-refractivity contribution is -0.120. The smallest absolute Gasteiger partial charge is 0.242 e. The van der Waals surface area contributed by atoms with Gasteiger partial charge in [0.25, 0.3) is 0 Å². The number of rotatable bonds is 6. The van der Waals surface area contributed by atoms with Gasteiger partial charge in [-0.1, -0.05) is 48.0 Å². The molecule has 2 rings (SSSR count).